The summed E-state index contributed by atoms with van der Waals surface area (Å²) in [6.45, 7) is 3.87. The van der Waals surface area contributed by atoms with Crippen molar-refractivity contribution < 1.29 is 4.79 Å². The average molecular weight is 267 g/mol. The Morgan fingerprint density at radius 1 is 1.33 bits per heavy atom. The van der Waals surface area contributed by atoms with Crippen LogP contribution in [-0.2, 0) is 4.79 Å². The van der Waals surface area contributed by atoms with Gasteiger partial charge in [-0.25, -0.2) is 0 Å². The highest BCUT2D eigenvalue weighted by Crippen LogP contribution is 2.23. The first-order chi connectivity index (χ1) is 8.66. The lowest BCUT2D eigenvalue weighted by Gasteiger charge is -2.29. The number of benzene rings is 1. The SMILES string of the molecule is CC(Cl)C(=O)Nc1cccc(N2CCCCC2)c1. The van der Waals surface area contributed by atoms with Gasteiger partial charge in [0.05, 0.1) is 0 Å². The van der Waals surface area contributed by atoms with Crippen LogP contribution in [0.4, 0.5) is 11.4 Å². The predicted molar refractivity (Wildman–Crippen MR) is 76.5 cm³/mol. The maximum Gasteiger partial charge on any atom is 0.242 e. The van der Waals surface area contributed by atoms with Crippen LogP contribution in [0.1, 0.15) is 26.2 Å². The number of piperidine rings is 1. The maximum atomic E-state index is 11.5. The Hall–Kier alpha value is -1.22. The summed E-state index contributed by atoms with van der Waals surface area (Å²) < 4.78 is 0. The van der Waals surface area contributed by atoms with Crippen LogP contribution < -0.4 is 10.2 Å². The van der Waals surface area contributed by atoms with Crippen molar-refractivity contribution in [3.8, 4) is 0 Å². The van der Waals surface area contributed by atoms with E-state index < -0.39 is 5.38 Å². The van der Waals surface area contributed by atoms with Gasteiger partial charge < -0.3 is 10.2 Å². The number of amides is 1. The van der Waals surface area contributed by atoms with Crippen molar-refractivity contribution in [2.24, 2.45) is 0 Å². The number of nitrogens with zero attached hydrogens (tertiary/aromatic N) is 1. The molecular formula is C14H19ClN2O. The fourth-order valence-corrected chi connectivity index (χ4v) is 2.23. The van der Waals surface area contributed by atoms with Gasteiger partial charge in [-0.1, -0.05) is 6.07 Å². The molecule has 1 fully saturated rings. The van der Waals surface area contributed by atoms with Gasteiger partial charge in [0.25, 0.3) is 0 Å². The Balaban J connectivity index is 2.07. The molecule has 0 radical (unpaired) electrons. The molecule has 18 heavy (non-hydrogen) atoms. The predicted octanol–water partition coefficient (Wildman–Crippen LogP) is 3.24. The summed E-state index contributed by atoms with van der Waals surface area (Å²) in [6.07, 6.45) is 3.81. The lowest BCUT2D eigenvalue weighted by molar-refractivity contribution is -0.115. The highest BCUT2D eigenvalue weighted by Gasteiger charge is 2.13. The van der Waals surface area contributed by atoms with Crippen LogP contribution in [0, 0.1) is 0 Å². The van der Waals surface area contributed by atoms with Crippen LogP contribution in [0.15, 0.2) is 24.3 Å². The van der Waals surface area contributed by atoms with E-state index in [1.807, 2.05) is 18.2 Å². The third-order valence-corrected chi connectivity index (χ3v) is 3.39. The maximum absolute atomic E-state index is 11.5. The number of anilines is 2. The van der Waals surface area contributed by atoms with Gasteiger partial charge in [0.15, 0.2) is 0 Å². The zero-order valence-corrected chi connectivity index (χ0v) is 11.4. The third kappa shape index (κ3) is 3.39. The van der Waals surface area contributed by atoms with E-state index in [4.69, 9.17) is 11.6 Å². The number of nitrogens with one attached hydrogen (secondary N) is 1. The molecule has 0 bridgehead atoms. The van der Waals surface area contributed by atoms with Gasteiger partial charge in [-0.2, -0.15) is 0 Å². The van der Waals surface area contributed by atoms with Crippen LogP contribution in [0.5, 0.6) is 0 Å². The van der Waals surface area contributed by atoms with Gasteiger partial charge in [0, 0.05) is 24.5 Å². The van der Waals surface area contributed by atoms with Crippen molar-refractivity contribution >= 4 is 28.9 Å². The molecule has 0 aromatic heterocycles. The van der Waals surface area contributed by atoms with Crippen LogP contribution in [0.2, 0.25) is 0 Å². The first-order valence-corrected chi connectivity index (χ1v) is 6.90. The average Bonchev–Trinajstić information content (AvgIpc) is 2.40. The quantitative estimate of drug-likeness (QED) is 0.852. The smallest absolute Gasteiger partial charge is 0.242 e. The molecule has 0 saturated carbocycles. The first kappa shape index (κ1) is 13.2. The molecule has 2 rings (SSSR count). The standard InChI is InChI=1S/C14H19ClN2O/c1-11(15)14(18)16-12-6-5-7-13(10-12)17-8-3-2-4-9-17/h5-7,10-11H,2-4,8-9H2,1H3,(H,16,18). The molecule has 98 valence electrons. The number of carbonyl (C=O) groups is 1. The molecular weight excluding hydrogens is 248 g/mol. The Morgan fingerprint density at radius 3 is 2.72 bits per heavy atom. The highest BCUT2D eigenvalue weighted by molar-refractivity contribution is 6.32. The largest absolute Gasteiger partial charge is 0.371 e. The third-order valence-electron chi connectivity index (χ3n) is 3.20. The number of halogens is 1. The number of carbonyl (C=O) groups excluding carboxylic acids is 1. The fraction of sp³-hybridized carbons (Fsp3) is 0.500. The van der Waals surface area contributed by atoms with Crippen molar-refractivity contribution in [2.45, 2.75) is 31.6 Å². The van der Waals surface area contributed by atoms with E-state index in [2.05, 4.69) is 16.3 Å². The second-order valence-corrected chi connectivity index (χ2v) is 5.36. The molecule has 1 N–H and O–H groups in total. The molecule has 1 aromatic carbocycles. The van der Waals surface area contributed by atoms with Gasteiger partial charge in [-0.15, -0.1) is 11.6 Å². The second kappa shape index (κ2) is 6.10. The molecule has 1 unspecified atom stereocenters. The molecule has 1 atom stereocenters. The molecule has 4 heteroatoms. The van der Waals surface area contributed by atoms with Gasteiger partial charge >= 0.3 is 0 Å². The fourth-order valence-electron chi connectivity index (χ4n) is 2.17. The zero-order valence-electron chi connectivity index (χ0n) is 10.7. The Labute approximate surface area is 113 Å². The molecule has 1 aliphatic rings. The van der Waals surface area contributed by atoms with Crippen molar-refractivity contribution in [1.82, 2.24) is 0 Å². The molecule has 0 spiro atoms. The van der Waals surface area contributed by atoms with Crippen molar-refractivity contribution in [2.75, 3.05) is 23.3 Å². The second-order valence-electron chi connectivity index (χ2n) is 4.70. The van der Waals surface area contributed by atoms with E-state index in [0.29, 0.717) is 0 Å². The van der Waals surface area contributed by atoms with E-state index in [1.165, 1.54) is 24.9 Å². The number of alkyl halides is 1. The molecule has 1 heterocycles. The Bertz CT molecular complexity index is 414. The van der Waals surface area contributed by atoms with E-state index >= 15 is 0 Å². The summed E-state index contributed by atoms with van der Waals surface area (Å²) in [6, 6.07) is 7.97. The summed E-state index contributed by atoms with van der Waals surface area (Å²) in [5.41, 5.74) is 1.99. The summed E-state index contributed by atoms with van der Waals surface area (Å²) in [5, 5.41) is 2.31. The number of hydrogen-bond acceptors (Lipinski definition) is 2. The molecule has 1 saturated heterocycles. The summed E-state index contributed by atoms with van der Waals surface area (Å²) in [4.78, 5) is 13.9. The Morgan fingerprint density at radius 2 is 2.06 bits per heavy atom. The number of hydrogen-bond donors (Lipinski definition) is 1. The highest BCUT2D eigenvalue weighted by atomic mass is 35.5. The van der Waals surface area contributed by atoms with Crippen molar-refractivity contribution in [3.63, 3.8) is 0 Å². The topological polar surface area (TPSA) is 32.3 Å². The lowest BCUT2D eigenvalue weighted by Crippen LogP contribution is -2.29. The van der Waals surface area contributed by atoms with E-state index in [9.17, 15) is 4.79 Å². The zero-order chi connectivity index (χ0) is 13.0. The monoisotopic (exact) mass is 266 g/mol. The van der Waals surface area contributed by atoms with Crippen molar-refractivity contribution in [3.05, 3.63) is 24.3 Å². The van der Waals surface area contributed by atoms with Gasteiger partial charge in [-0.05, 0) is 44.4 Å². The van der Waals surface area contributed by atoms with Gasteiger partial charge in [-0.3, -0.25) is 4.79 Å². The molecule has 3 nitrogen and oxygen atoms in total. The summed E-state index contributed by atoms with van der Waals surface area (Å²) in [7, 11) is 0. The summed E-state index contributed by atoms with van der Waals surface area (Å²) >= 11 is 5.74. The Kier molecular flexibility index (Phi) is 4.48. The van der Waals surface area contributed by atoms with E-state index in [-0.39, 0.29) is 5.91 Å². The van der Waals surface area contributed by atoms with E-state index in [1.54, 1.807) is 6.92 Å². The minimum Gasteiger partial charge on any atom is -0.371 e. The van der Waals surface area contributed by atoms with Crippen molar-refractivity contribution in [1.29, 1.82) is 0 Å². The van der Waals surface area contributed by atoms with Gasteiger partial charge in [0.2, 0.25) is 5.91 Å². The minimum atomic E-state index is -0.511. The van der Waals surface area contributed by atoms with Crippen LogP contribution in [-0.4, -0.2) is 24.4 Å². The van der Waals surface area contributed by atoms with E-state index in [0.717, 1.165) is 18.8 Å². The first-order valence-electron chi connectivity index (χ1n) is 6.47. The van der Waals surface area contributed by atoms with Crippen LogP contribution in [0.25, 0.3) is 0 Å². The van der Waals surface area contributed by atoms with Gasteiger partial charge in [0.1, 0.15) is 5.38 Å². The molecule has 0 aliphatic carbocycles. The minimum absolute atomic E-state index is 0.160. The molecule has 1 aliphatic heterocycles. The number of rotatable bonds is 3. The van der Waals surface area contributed by atoms with Crippen LogP contribution in [0.3, 0.4) is 0 Å². The molecule has 1 aromatic rings. The summed E-state index contributed by atoms with van der Waals surface area (Å²) in [5.74, 6) is -0.160. The molecule has 1 amide bonds. The normalized spacial score (nSPS) is 17.3. The van der Waals surface area contributed by atoms with Crippen LogP contribution >= 0.6 is 11.6 Å². The lowest BCUT2D eigenvalue weighted by atomic mass is 10.1.